The number of nitrogens with zero attached hydrogens (tertiary/aromatic N) is 2. The number of fused-ring (bicyclic) bond motifs is 1. The fraction of sp³-hybridized carbons (Fsp3) is 0.286. The largest absolute Gasteiger partial charge is 0.342 e. The molecule has 1 aliphatic heterocycles. The second-order valence-electron chi connectivity index (χ2n) is 7.53. The summed E-state index contributed by atoms with van der Waals surface area (Å²) in [5.74, 6) is -1.18. The first-order valence-electron chi connectivity index (χ1n) is 9.63. The molecule has 0 spiro atoms. The molecular weight excluding hydrogens is 441 g/mol. The minimum Gasteiger partial charge on any atom is -0.342 e. The lowest BCUT2D eigenvalue weighted by Crippen LogP contribution is -2.30. The van der Waals surface area contributed by atoms with E-state index in [1.807, 2.05) is 0 Å². The van der Waals surface area contributed by atoms with Gasteiger partial charge in [0.15, 0.2) is 15.0 Å². The molecule has 1 N–H and O–H groups in total. The fourth-order valence-electron chi connectivity index (χ4n) is 3.48. The molecule has 1 fully saturated rings. The molecule has 1 atom stereocenters. The lowest BCUT2D eigenvalue weighted by atomic mass is 10.1. The van der Waals surface area contributed by atoms with Crippen LogP contribution in [0, 0.1) is 11.7 Å². The van der Waals surface area contributed by atoms with Crippen molar-refractivity contribution in [2.75, 3.05) is 24.7 Å². The van der Waals surface area contributed by atoms with E-state index in [0.717, 1.165) is 11.8 Å². The number of amides is 2. The Balaban J connectivity index is 1.38. The molecule has 1 saturated heterocycles. The van der Waals surface area contributed by atoms with Crippen molar-refractivity contribution in [1.82, 2.24) is 9.88 Å². The third-order valence-electron chi connectivity index (χ3n) is 5.19. The molecular formula is C21H20FN3O4S2. The van der Waals surface area contributed by atoms with Gasteiger partial charge in [-0.1, -0.05) is 23.5 Å². The van der Waals surface area contributed by atoms with Crippen LogP contribution in [0.5, 0.6) is 0 Å². The zero-order chi connectivity index (χ0) is 22.2. The average molecular weight is 462 g/mol. The molecule has 0 bridgehead atoms. The molecule has 1 aromatic heterocycles. The van der Waals surface area contributed by atoms with Crippen molar-refractivity contribution in [2.24, 2.45) is 5.92 Å². The highest BCUT2D eigenvalue weighted by molar-refractivity contribution is 7.90. The highest BCUT2D eigenvalue weighted by Gasteiger charge is 2.34. The van der Waals surface area contributed by atoms with Crippen LogP contribution in [0.15, 0.2) is 47.4 Å². The van der Waals surface area contributed by atoms with E-state index < -0.39 is 15.8 Å². The Morgan fingerprint density at radius 1 is 1.26 bits per heavy atom. The van der Waals surface area contributed by atoms with Crippen LogP contribution < -0.4 is 5.32 Å². The highest BCUT2D eigenvalue weighted by Crippen LogP contribution is 2.29. The molecule has 0 saturated carbocycles. The van der Waals surface area contributed by atoms with E-state index >= 15 is 0 Å². The molecule has 162 valence electrons. The van der Waals surface area contributed by atoms with E-state index in [-0.39, 0.29) is 28.9 Å². The number of hydrogen-bond acceptors (Lipinski definition) is 6. The Kier molecular flexibility index (Phi) is 5.76. The first-order valence-corrected chi connectivity index (χ1v) is 12.3. The van der Waals surface area contributed by atoms with Crippen molar-refractivity contribution >= 4 is 48.3 Å². The number of halogens is 1. The number of rotatable bonds is 6. The standard InChI is InChI=1S/C21H20FN3O4S2/c1-31(28,29)16-6-7-17-18(11-16)30-21(23-17)24-20(27)14-10-19(26)25(12-14)9-8-13-2-4-15(22)5-3-13/h2-7,11,14H,8-10,12H2,1H3,(H,23,24,27)/t14-/m1/s1. The van der Waals surface area contributed by atoms with Crippen molar-refractivity contribution in [3.63, 3.8) is 0 Å². The van der Waals surface area contributed by atoms with Gasteiger partial charge in [0.05, 0.1) is 21.0 Å². The zero-order valence-electron chi connectivity index (χ0n) is 16.7. The Morgan fingerprint density at radius 3 is 2.71 bits per heavy atom. The molecule has 0 aliphatic carbocycles. The molecule has 4 rings (SSSR count). The van der Waals surface area contributed by atoms with E-state index in [0.29, 0.717) is 34.9 Å². The van der Waals surface area contributed by atoms with Gasteiger partial charge in [0.1, 0.15) is 5.82 Å². The topological polar surface area (TPSA) is 96.4 Å². The Bertz CT molecular complexity index is 1260. The van der Waals surface area contributed by atoms with Gasteiger partial charge >= 0.3 is 0 Å². The molecule has 2 amide bonds. The van der Waals surface area contributed by atoms with E-state index in [2.05, 4.69) is 10.3 Å². The van der Waals surface area contributed by atoms with Crippen LogP contribution in [0.2, 0.25) is 0 Å². The van der Waals surface area contributed by atoms with Gasteiger partial charge in [-0.25, -0.2) is 17.8 Å². The van der Waals surface area contributed by atoms with Crippen molar-refractivity contribution in [1.29, 1.82) is 0 Å². The van der Waals surface area contributed by atoms with Gasteiger partial charge < -0.3 is 10.2 Å². The number of nitrogens with one attached hydrogen (secondary N) is 1. The van der Waals surface area contributed by atoms with Gasteiger partial charge in [0.25, 0.3) is 0 Å². The molecule has 1 aliphatic rings. The Hall–Kier alpha value is -2.85. The van der Waals surface area contributed by atoms with Crippen LogP contribution in [0.25, 0.3) is 10.2 Å². The lowest BCUT2D eigenvalue weighted by molar-refractivity contribution is -0.128. The monoisotopic (exact) mass is 461 g/mol. The maximum absolute atomic E-state index is 13.0. The van der Waals surface area contributed by atoms with Crippen LogP contribution >= 0.6 is 11.3 Å². The maximum Gasteiger partial charge on any atom is 0.231 e. The van der Waals surface area contributed by atoms with Gasteiger partial charge in [-0.05, 0) is 42.3 Å². The van der Waals surface area contributed by atoms with Crippen molar-refractivity contribution in [3.8, 4) is 0 Å². The first kappa shape index (κ1) is 21.4. The SMILES string of the molecule is CS(=O)(=O)c1ccc2nc(NC(=O)[C@@H]3CC(=O)N(CCc4ccc(F)cc4)C3)sc2c1. The molecule has 0 unspecified atom stereocenters. The Morgan fingerprint density at radius 2 is 2.00 bits per heavy atom. The molecule has 10 heteroatoms. The number of likely N-dealkylation sites (tertiary alicyclic amines) is 1. The summed E-state index contributed by atoms with van der Waals surface area (Å²) in [7, 11) is -3.33. The number of carbonyl (C=O) groups excluding carboxylic acids is 2. The molecule has 3 aromatic rings. The van der Waals surface area contributed by atoms with E-state index in [1.165, 1.54) is 35.6 Å². The number of carbonyl (C=O) groups is 2. The smallest absolute Gasteiger partial charge is 0.231 e. The fourth-order valence-corrected chi connectivity index (χ4v) is 5.11. The predicted octanol–water partition coefficient (Wildman–Crippen LogP) is 2.87. The predicted molar refractivity (Wildman–Crippen MR) is 116 cm³/mol. The summed E-state index contributed by atoms with van der Waals surface area (Å²) in [5.41, 5.74) is 1.51. The van der Waals surface area contributed by atoms with E-state index in [9.17, 15) is 22.4 Å². The number of anilines is 1. The van der Waals surface area contributed by atoms with Gasteiger partial charge in [0, 0.05) is 25.8 Å². The summed E-state index contributed by atoms with van der Waals surface area (Å²) in [5, 5.41) is 3.11. The molecule has 2 aromatic carbocycles. The third-order valence-corrected chi connectivity index (χ3v) is 7.23. The second-order valence-corrected chi connectivity index (χ2v) is 10.6. The van der Waals surface area contributed by atoms with Crippen LogP contribution in [0.4, 0.5) is 9.52 Å². The summed E-state index contributed by atoms with van der Waals surface area (Å²) in [6.45, 7) is 0.776. The van der Waals surface area contributed by atoms with Gasteiger partial charge in [0.2, 0.25) is 11.8 Å². The summed E-state index contributed by atoms with van der Waals surface area (Å²) >= 11 is 1.19. The van der Waals surface area contributed by atoms with Gasteiger partial charge in [-0.2, -0.15) is 0 Å². The number of aromatic nitrogens is 1. The van der Waals surface area contributed by atoms with Crippen LogP contribution in [0.1, 0.15) is 12.0 Å². The minimum absolute atomic E-state index is 0.0932. The normalized spacial score (nSPS) is 16.8. The summed E-state index contributed by atoms with van der Waals surface area (Å²) in [4.78, 5) is 31.1. The third kappa shape index (κ3) is 4.91. The number of hydrogen-bond donors (Lipinski definition) is 1. The number of thiazole rings is 1. The summed E-state index contributed by atoms with van der Waals surface area (Å²) in [6.07, 6.45) is 1.84. The molecule has 31 heavy (non-hydrogen) atoms. The van der Waals surface area contributed by atoms with E-state index in [4.69, 9.17) is 0 Å². The second kappa shape index (κ2) is 8.35. The van der Waals surface area contributed by atoms with Crippen molar-refractivity contribution < 1.29 is 22.4 Å². The van der Waals surface area contributed by atoms with Crippen LogP contribution in [0.3, 0.4) is 0 Å². The van der Waals surface area contributed by atoms with Crippen molar-refractivity contribution in [3.05, 3.63) is 53.8 Å². The first-order chi connectivity index (χ1) is 14.7. The highest BCUT2D eigenvalue weighted by atomic mass is 32.2. The zero-order valence-corrected chi connectivity index (χ0v) is 18.3. The summed E-state index contributed by atoms with van der Waals surface area (Å²) in [6, 6.07) is 10.8. The minimum atomic E-state index is -3.33. The quantitative estimate of drug-likeness (QED) is 0.609. The van der Waals surface area contributed by atoms with Gasteiger partial charge in [-0.3, -0.25) is 9.59 Å². The Labute approximate surface area is 182 Å². The van der Waals surface area contributed by atoms with Crippen LogP contribution in [-0.2, 0) is 25.8 Å². The number of benzene rings is 2. The lowest BCUT2D eigenvalue weighted by Gasteiger charge is -2.16. The van der Waals surface area contributed by atoms with Crippen molar-refractivity contribution in [2.45, 2.75) is 17.7 Å². The van der Waals surface area contributed by atoms with E-state index in [1.54, 1.807) is 23.1 Å². The molecule has 2 heterocycles. The molecule has 7 nitrogen and oxygen atoms in total. The molecule has 0 radical (unpaired) electrons. The summed E-state index contributed by atoms with van der Waals surface area (Å²) < 4.78 is 37.1. The van der Waals surface area contributed by atoms with Crippen LogP contribution in [-0.4, -0.2) is 49.5 Å². The number of sulfone groups is 1. The average Bonchev–Trinajstić information content (AvgIpc) is 3.29. The maximum atomic E-state index is 13.0. The van der Waals surface area contributed by atoms with Gasteiger partial charge in [-0.15, -0.1) is 0 Å².